The van der Waals surface area contributed by atoms with Gasteiger partial charge in [0, 0.05) is 50.7 Å². The Labute approximate surface area is 194 Å². The topological polar surface area (TPSA) is 41.8 Å². The number of unbranched alkanes of at least 4 members (excludes halogenated alkanes) is 1. The molecule has 0 saturated heterocycles. The molecule has 0 saturated carbocycles. The first-order valence-corrected chi connectivity index (χ1v) is 10.2. The van der Waals surface area contributed by atoms with Crippen LogP contribution >= 0.6 is 39.9 Å². The first kappa shape index (κ1) is 25.0. The van der Waals surface area contributed by atoms with E-state index < -0.39 is 0 Å². The van der Waals surface area contributed by atoms with Gasteiger partial charge in [-0.15, -0.1) is 24.0 Å². The fourth-order valence-electron chi connectivity index (χ4n) is 2.89. The Bertz CT molecular complexity index is 706. The molecule has 28 heavy (non-hydrogen) atoms. The molecular weight excluding hydrogens is 531 g/mol. The van der Waals surface area contributed by atoms with E-state index in [1.807, 2.05) is 13.1 Å². The molecule has 0 atom stereocenters. The standard InChI is InChI=1S/C21H31BrN4O.HI/c1-23-21(26(3)17-20-15-19(22)16-25(20)2)24-12-7-8-13-27-14-11-18-9-5-4-6-10-18;/h4-6,9-10,15-16H,7-8,11-14,17H2,1-3H3,(H,23,24);1H. The van der Waals surface area contributed by atoms with Crippen LogP contribution in [-0.2, 0) is 24.8 Å². The molecule has 5 nitrogen and oxygen atoms in total. The van der Waals surface area contributed by atoms with E-state index in [2.05, 4.69) is 86.3 Å². The van der Waals surface area contributed by atoms with E-state index >= 15 is 0 Å². The molecule has 0 fully saturated rings. The Morgan fingerprint density at radius 1 is 1.21 bits per heavy atom. The highest BCUT2D eigenvalue weighted by Crippen LogP contribution is 2.14. The van der Waals surface area contributed by atoms with Gasteiger partial charge in [0.1, 0.15) is 0 Å². The monoisotopic (exact) mass is 562 g/mol. The molecular formula is C21H32BrIN4O. The van der Waals surface area contributed by atoms with Crippen LogP contribution in [0, 0.1) is 0 Å². The highest BCUT2D eigenvalue weighted by molar-refractivity contribution is 14.0. The van der Waals surface area contributed by atoms with Crippen LogP contribution in [0.15, 0.2) is 52.1 Å². The molecule has 2 rings (SSSR count). The van der Waals surface area contributed by atoms with Crippen molar-refractivity contribution in [3.05, 3.63) is 58.3 Å². The maximum Gasteiger partial charge on any atom is 0.193 e. The van der Waals surface area contributed by atoms with Gasteiger partial charge in [-0.2, -0.15) is 0 Å². The molecule has 1 N–H and O–H groups in total. The van der Waals surface area contributed by atoms with Gasteiger partial charge < -0.3 is 19.5 Å². The zero-order valence-corrected chi connectivity index (χ0v) is 20.9. The Morgan fingerprint density at radius 3 is 2.61 bits per heavy atom. The zero-order chi connectivity index (χ0) is 19.5. The van der Waals surface area contributed by atoms with Crippen LogP contribution in [0.5, 0.6) is 0 Å². The Morgan fingerprint density at radius 2 is 1.96 bits per heavy atom. The van der Waals surface area contributed by atoms with Gasteiger partial charge in [-0.3, -0.25) is 4.99 Å². The lowest BCUT2D eigenvalue weighted by Gasteiger charge is -2.22. The molecule has 0 spiro atoms. The van der Waals surface area contributed by atoms with E-state index in [4.69, 9.17) is 4.74 Å². The van der Waals surface area contributed by atoms with E-state index in [-0.39, 0.29) is 24.0 Å². The van der Waals surface area contributed by atoms with Crippen molar-refractivity contribution >= 4 is 45.9 Å². The number of ether oxygens (including phenoxy) is 1. The Kier molecular flexibility index (Phi) is 12.5. The number of nitrogens with one attached hydrogen (secondary N) is 1. The van der Waals surface area contributed by atoms with Crippen molar-refractivity contribution in [2.24, 2.45) is 12.0 Å². The van der Waals surface area contributed by atoms with Crippen LogP contribution in [-0.4, -0.2) is 49.3 Å². The Balaban J connectivity index is 0.00000392. The first-order valence-electron chi connectivity index (χ1n) is 9.44. The summed E-state index contributed by atoms with van der Waals surface area (Å²) in [6.07, 6.45) is 5.16. The van der Waals surface area contributed by atoms with Crippen LogP contribution in [0.2, 0.25) is 0 Å². The number of aryl methyl sites for hydroxylation is 1. The second kappa shape index (κ2) is 14.0. The third-order valence-corrected chi connectivity index (χ3v) is 4.86. The summed E-state index contributed by atoms with van der Waals surface area (Å²) in [7, 11) is 5.94. The number of aliphatic imine (C=N–C) groups is 1. The molecule has 0 radical (unpaired) electrons. The number of guanidine groups is 1. The third-order valence-electron chi connectivity index (χ3n) is 4.42. The Hall–Kier alpha value is -1.06. The molecule has 7 heteroatoms. The van der Waals surface area contributed by atoms with Crippen molar-refractivity contribution in [3.8, 4) is 0 Å². The smallest absolute Gasteiger partial charge is 0.193 e. The quantitative estimate of drug-likeness (QED) is 0.201. The van der Waals surface area contributed by atoms with Gasteiger partial charge in [0.05, 0.1) is 13.2 Å². The minimum Gasteiger partial charge on any atom is -0.381 e. The summed E-state index contributed by atoms with van der Waals surface area (Å²) in [6, 6.07) is 12.6. The lowest BCUT2D eigenvalue weighted by molar-refractivity contribution is 0.133. The predicted molar refractivity (Wildman–Crippen MR) is 132 cm³/mol. The van der Waals surface area contributed by atoms with Crippen molar-refractivity contribution in [2.75, 3.05) is 33.9 Å². The second-order valence-electron chi connectivity index (χ2n) is 6.65. The normalized spacial score (nSPS) is 11.2. The average molecular weight is 563 g/mol. The van der Waals surface area contributed by atoms with Gasteiger partial charge in [-0.25, -0.2) is 0 Å². The summed E-state index contributed by atoms with van der Waals surface area (Å²) >= 11 is 3.52. The maximum atomic E-state index is 5.74. The van der Waals surface area contributed by atoms with Crippen LogP contribution in [0.25, 0.3) is 0 Å². The van der Waals surface area contributed by atoms with E-state index in [0.717, 1.165) is 56.0 Å². The van der Waals surface area contributed by atoms with E-state index in [0.29, 0.717) is 0 Å². The number of aromatic nitrogens is 1. The molecule has 0 aliphatic heterocycles. The molecule has 0 amide bonds. The van der Waals surface area contributed by atoms with Crippen LogP contribution in [0.1, 0.15) is 24.1 Å². The van der Waals surface area contributed by atoms with Gasteiger partial charge in [0.25, 0.3) is 0 Å². The predicted octanol–water partition coefficient (Wildman–Crippen LogP) is 4.45. The van der Waals surface area contributed by atoms with Crippen molar-refractivity contribution in [1.82, 2.24) is 14.8 Å². The highest BCUT2D eigenvalue weighted by Gasteiger charge is 2.09. The number of nitrogens with zero attached hydrogens (tertiary/aromatic N) is 3. The van der Waals surface area contributed by atoms with Gasteiger partial charge >= 0.3 is 0 Å². The van der Waals surface area contributed by atoms with E-state index in [1.54, 1.807) is 0 Å². The van der Waals surface area contributed by atoms with Crippen molar-refractivity contribution in [1.29, 1.82) is 0 Å². The zero-order valence-electron chi connectivity index (χ0n) is 17.0. The molecule has 156 valence electrons. The summed E-state index contributed by atoms with van der Waals surface area (Å²) < 4.78 is 8.96. The minimum atomic E-state index is 0. The van der Waals surface area contributed by atoms with Gasteiger partial charge in [0.2, 0.25) is 0 Å². The van der Waals surface area contributed by atoms with Gasteiger partial charge in [0.15, 0.2) is 5.96 Å². The summed E-state index contributed by atoms with van der Waals surface area (Å²) in [4.78, 5) is 6.52. The van der Waals surface area contributed by atoms with Crippen LogP contribution in [0.4, 0.5) is 0 Å². The largest absolute Gasteiger partial charge is 0.381 e. The van der Waals surface area contributed by atoms with E-state index in [1.165, 1.54) is 11.3 Å². The lowest BCUT2D eigenvalue weighted by atomic mass is 10.2. The highest BCUT2D eigenvalue weighted by atomic mass is 127. The van der Waals surface area contributed by atoms with Crippen molar-refractivity contribution in [2.45, 2.75) is 25.8 Å². The number of hydrogen-bond acceptors (Lipinski definition) is 2. The number of halogens is 2. The first-order chi connectivity index (χ1) is 13.1. The van der Waals surface area contributed by atoms with Crippen LogP contribution in [0.3, 0.4) is 0 Å². The number of benzene rings is 1. The average Bonchev–Trinajstić information content (AvgIpc) is 2.98. The van der Waals surface area contributed by atoms with Gasteiger partial charge in [-0.1, -0.05) is 30.3 Å². The number of hydrogen-bond donors (Lipinski definition) is 1. The molecule has 0 unspecified atom stereocenters. The summed E-state index contributed by atoms with van der Waals surface area (Å²) in [5.41, 5.74) is 2.57. The summed E-state index contributed by atoms with van der Waals surface area (Å²) in [5, 5.41) is 3.43. The lowest BCUT2D eigenvalue weighted by Crippen LogP contribution is -2.39. The summed E-state index contributed by atoms with van der Waals surface area (Å²) in [5.74, 6) is 0.914. The van der Waals surface area contributed by atoms with Crippen LogP contribution < -0.4 is 5.32 Å². The molecule has 0 aliphatic rings. The number of rotatable bonds is 10. The SMILES string of the molecule is CN=C(NCCCCOCCc1ccccc1)N(C)Cc1cc(Br)cn1C.I. The second-order valence-corrected chi connectivity index (χ2v) is 7.56. The summed E-state index contributed by atoms with van der Waals surface area (Å²) in [6.45, 7) is 3.30. The molecule has 2 aromatic rings. The minimum absolute atomic E-state index is 0. The fourth-order valence-corrected chi connectivity index (χ4v) is 3.46. The third kappa shape index (κ3) is 8.96. The van der Waals surface area contributed by atoms with Crippen molar-refractivity contribution < 1.29 is 4.74 Å². The fraction of sp³-hybridized carbons (Fsp3) is 0.476. The molecule has 0 bridgehead atoms. The molecule has 0 aliphatic carbocycles. The molecule has 1 heterocycles. The molecule has 1 aromatic carbocycles. The van der Waals surface area contributed by atoms with Crippen molar-refractivity contribution in [3.63, 3.8) is 0 Å². The van der Waals surface area contributed by atoms with E-state index in [9.17, 15) is 0 Å². The molecule has 1 aromatic heterocycles. The van der Waals surface area contributed by atoms with Gasteiger partial charge in [-0.05, 0) is 46.8 Å². The maximum absolute atomic E-state index is 5.74.